The topological polar surface area (TPSA) is 148 Å². The van der Waals surface area contributed by atoms with Crippen molar-refractivity contribution in [1.82, 2.24) is 11.0 Å². The number of ether oxygens (including phenoxy) is 4. The molecule has 0 bridgehead atoms. The Morgan fingerprint density at radius 3 is 1.33 bits per heavy atom. The zero-order chi connectivity index (χ0) is 27.9. The zero-order valence-electron chi connectivity index (χ0n) is 21.8. The summed E-state index contributed by atoms with van der Waals surface area (Å²) in [4.78, 5) is 56.8. The maximum atomic E-state index is 12.1. The van der Waals surface area contributed by atoms with E-state index >= 15 is 0 Å². The molecule has 0 aliphatic rings. The van der Waals surface area contributed by atoms with Gasteiger partial charge in [-0.1, -0.05) is 35.7 Å². The maximum Gasteiger partial charge on any atom is 0.431 e. The number of amides is 2. The molecule has 2 unspecified atom stereocenters. The second kappa shape index (κ2) is 16.8. The largest absolute Gasteiger partial charge is 0.462 e. The summed E-state index contributed by atoms with van der Waals surface area (Å²) in [6, 6.07) is 0. The lowest BCUT2D eigenvalue weighted by Crippen LogP contribution is -2.33. The first-order valence-electron chi connectivity index (χ1n) is 10.9. The van der Waals surface area contributed by atoms with Crippen LogP contribution in [0.1, 0.15) is 55.4 Å². The van der Waals surface area contributed by atoms with E-state index in [-0.39, 0.29) is 26.4 Å². The van der Waals surface area contributed by atoms with Gasteiger partial charge in [0.15, 0.2) is 0 Å². The fourth-order valence-electron chi connectivity index (χ4n) is 1.83. The molecule has 0 fully saturated rings. The normalized spacial score (nSPS) is 13.1. The molecule has 0 aromatic carbocycles. The summed E-state index contributed by atoms with van der Waals surface area (Å²) in [5, 5.41) is -1.25. The van der Waals surface area contributed by atoms with Crippen molar-refractivity contribution in [3.05, 3.63) is 0 Å². The van der Waals surface area contributed by atoms with E-state index in [1.54, 1.807) is 55.4 Å². The molecule has 15 heteroatoms. The Balaban J connectivity index is 4.05. The second-order valence-corrected chi connectivity index (χ2v) is 12.9. The highest BCUT2D eigenvalue weighted by atomic mass is 32.2. The van der Waals surface area contributed by atoms with Crippen LogP contribution in [0.25, 0.3) is 0 Å². The summed E-state index contributed by atoms with van der Waals surface area (Å²) in [5.74, 6) is -1.07. The van der Waals surface area contributed by atoms with Gasteiger partial charge in [0.1, 0.15) is 51.7 Å². The minimum Gasteiger partial charge on any atom is -0.462 e. The van der Waals surface area contributed by atoms with Crippen LogP contribution in [0.15, 0.2) is 0 Å². The number of esters is 2. The quantitative estimate of drug-likeness (QED) is 0.116. The third kappa shape index (κ3) is 19.4. The number of thioether (sulfide) groups is 2. The molecule has 0 aromatic rings. The number of hydrogen-bond donors (Lipinski definition) is 2. The first kappa shape index (κ1) is 34.2. The molecule has 0 heterocycles. The van der Waals surface area contributed by atoms with Crippen LogP contribution >= 0.6 is 35.7 Å². The third-order valence-corrected chi connectivity index (χ3v) is 5.81. The Kier molecular flexibility index (Phi) is 16.0. The van der Waals surface area contributed by atoms with E-state index in [0.29, 0.717) is 3.53 Å². The van der Waals surface area contributed by atoms with Crippen molar-refractivity contribution in [3.63, 3.8) is 0 Å². The lowest BCUT2D eigenvalue weighted by Gasteiger charge is -2.19. The van der Waals surface area contributed by atoms with E-state index in [1.807, 2.05) is 0 Å². The monoisotopic (exact) mass is 572 g/mol. The zero-order valence-corrected chi connectivity index (χ0v) is 24.2. The first-order valence-corrected chi connectivity index (χ1v) is 13.1. The van der Waals surface area contributed by atoms with Gasteiger partial charge >= 0.3 is 24.1 Å². The Hall–Kier alpha value is -1.81. The van der Waals surface area contributed by atoms with E-state index in [0.717, 1.165) is 23.5 Å². The Morgan fingerprint density at radius 2 is 1.03 bits per heavy atom. The Labute approximate surface area is 225 Å². The molecule has 12 nitrogen and oxygen atoms in total. The van der Waals surface area contributed by atoms with Crippen LogP contribution in [0.2, 0.25) is 0 Å². The van der Waals surface area contributed by atoms with Crippen LogP contribution in [0.5, 0.6) is 0 Å². The van der Waals surface area contributed by atoms with Gasteiger partial charge in [0, 0.05) is 0 Å². The predicted octanol–water partition coefficient (Wildman–Crippen LogP) is 3.51. The van der Waals surface area contributed by atoms with Crippen LogP contribution in [0.3, 0.4) is 0 Å². The molecule has 0 rings (SSSR count). The van der Waals surface area contributed by atoms with Crippen molar-refractivity contribution < 1.29 is 47.8 Å². The third-order valence-electron chi connectivity index (χ3n) is 3.18. The average Bonchev–Trinajstić information content (AvgIpc) is 2.69. The number of rotatable bonds is 12. The molecule has 0 saturated carbocycles. The summed E-state index contributed by atoms with van der Waals surface area (Å²) < 4.78 is 20.5. The van der Waals surface area contributed by atoms with Crippen molar-refractivity contribution in [2.75, 3.05) is 26.4 Å². The van der Waals surface area contributed by atoms with Crippen LogP contribution in [-0.4, -0.2) is 75.8 Å². The van der Waals surface area contributed by atoms with Gasteiger partial charge in [-0.2, -0.15) is 11.0 Å². The Morgan fingerprint density at radius 1 is 0.694 bits per heavy atom. The first-order chi connectivity index (χ1) is 16.5. The van der Waals surface area contributed by atoms with E-state index < -0.39 is 45.8 Å². The van der Waals surface area contributed by atoms with Gasteiger partial charge in [0.25, 0.3) is 0 Å². The van der Waals surface area contributed by atoms with E-state index in [9.17, 15) is 19.2 Å². The van der Waals surface area contributed by atoms with E-state index in [4.69, 9.17) is 40.8 Å². The van der Waals surface area contributed by atoms with Gasteiger partial charge in [-0.3, -0.25) is 19.3 Å². The number of thiocarbonyl (C=S) groups is 1. The molecule has 0 saturated heterocycles. The van der Waals surface area contributed by atoms with Crippen molar-refractivity contribution in [1.29, 1.82) is 0 Å². The van der Waals surface area contributed by atoms with Gasteiger partial charge in [-0.05, 0) is 55.4 Å². The highest BCUT2D eigenvalue weighted by Crippen LogP contribution is 2.26. The van der Waals surface area contributed by atoms with Gasteiger partial charge < -0.3 is 18.9 Å². The molecular weight excluding hydrogens is 536 g/mol. The lowest BCUT2D eigenvalue weighted by atomic mass is 10.2. The highest BCUT2D eigenvalue weighted by molar-refractivity contribution is 8.47. The molecule has 0 spiro atoms. The molecule has 2 N–H and O–H groups in total. The second-order valence-electron chi connectivity index (χ2n) is 9.01. The maximum absolute atomic E-state index is 12.1. The SMILES string of the molecule is CC(SC(=S)SC(C)C(=O)OCCONC(=O)OC(C)(C)C)C(=O)OCCONC(=O)OC(C)(C)C. The fourth-order valence-corrected chi connectivity index (χ4v) is 4.69. The highest BCUT2D eigenvalue weighted by Gasteiger charge is 2.23. The van der Waals surface area contributed by atoms with Crippen LogP contribution in [0.4, 0.5) is 9.59 Å². The molecule has 0 aliphatic heterocycles. The standard InChI is InChI=1S/C21H36N2O10S3/c1-13(15(24)28-9-11-30-22-17(26)32-20(3,4)5)35-19(34)36-14(2)16(25)29-10-12-31-23-18(27)33-21(6,7)8/h13-14H,9-12H2,1-8H3,(H,22,26)(H,23,27). The van der Waals surface area contributed by atoms with Crippen molar-refractivity contribution in [2.24, 2.45) is 0 Å². The van der Waals surface area contributed by atoms with E-state index in [1.165, 1.54) is 0 Å². The molecule has 0 aromatic heterocycles. The predicted molar refractivity (Wildman–Crippen MR) is 139 cm³/mol. The number of hydroxylamine groups is 2. The molecule has 2 atom stereocenters. The summed E-state index contributed by atoms with van der Waals surface area (Å²) in [7, 11) is 0. The summed E-state index contributed by atoms with van der Waals surface area (Å²) in [6.45, 7) is 13.2. The minimum atomic E-state index is -0.752. The summed E-state index contributed by atoms with van der Waals surface area (Å²) in [5.41, 5.74) is 2.85. The van der Waals surface area contributed by atoms with Crippen LogP contribution < -0.4 is 11.0 Å². The number of hydrogen-bond acceptors (Lipinski definition) is 13. The molecule has 0 radical (unpaired) electrons. The van der Waals surface area contributed by atoms with Crippen molar-refractivity contribution in [2.45, 2.75) is 77.1 Å². The molecular formula is C21H36N2O10S3. The summed E-state index contributed by atoms with van der Waals surface area (Å²) in [6.07, 6.45) is -1.50. The van der Waals surface area contributed by atoms with E-state index in [2.05, 4.69) is 11.0 Å². The minimum absolute atomic E-state index is 0.0680. The van der Waals surface area contributed by atoms with Crippen molar-refractivity contribution >= 4 is 63.4 Å². The lowest BCUT2D eigenvalue weighted by molar-refractivity contribution is -0.145. The molecule has 208 valence electrons. The summed E-state index contributed by atoms with van der Waals surface area (Å²) >= 11 is 7.36. The van der Waals surface area contributed by atoms with Gasteiger partial charge in [-0.15, -0.1) is 0 Å². The van der Waals surface area contributed by atoms with Crippen molar-refractivity contribution in [3.8, 4) is 0 Å². The van der Waals surface area contributed by atoms with Gasteiger partial charge in [0.05, 0.1) is 0 Å². The number of carbonyl (C=O) groups excluding carboxylic acids is 4. The van der Waals surface area contributed by atoms with Crippen LogP contribution in [-0.2, 0) is 38.2 Å². The number of nitrogens with one attached hydrogen (secondary N) is 2. The van der Waals surface area contributed by atoms with Crippen LogP contribution in [0, 0.1) is 0 Å². The van der Waals surface area contributed by atoms with Gasteiger partial charge in [-0.25, -0.2) is 9.59 Å². The molecule has 2 amide bonds. The fraction of sp³-hybridized carbons (Fsp3) is 0.762. The van der Waals surface area contributed by atoms with Gasteiger partial charge in [0.2, 0.25) is 0 Å². The molecule has 36 heavy (non-hydrogen) atoms. The Bertz CT molecular complexity index is 693. The number of carbonyl (C=O) groups is 4. The molecule has 0 aliphatic carbocycles. The smallest absolute Gasteiger partial charge is 0.431 e. The average molecular weight is 573 g/mol.